The predicted molar refractivity (Wildman–Crippen MR) is 102 cm³/mol. The molecule has 0 radical (unpaired) electrons. The fourth-order valence-corrected chi connectivity index (χ4v) is 3.10. The maximum atomic E-state index is 12.4. The Morgan fingerprint density at radius 1 is 1.23 bits per heavy atom. The van der Waals surface area contributed by atoms with Gasteiger partial charge in [0.25, 0.3) is 5.56 Å². The van der Waals surface area contributed by atoms with Crippen LogP contribution in [0.4, 0.5) is 5.69 Å². The second-order valence-corrected chi connectivity index (χ2v) is 6.64. The van der Waals surface area contributed by atoms with Crippen molar-refractivity contribution in [1.29, 1.82) is 0 Å². The van der Waals surface area contributed by atoms with E-state index in [4.69, 9.17) is 0 Å². The summed E-state index contributed by atoms with van der Waals surface area (Å²) in [4.78, 5) is 20.2. The zero-order chi connectivity index (χ0) is 18.1. The van der Waals surface area contributed by atoms with Crippen molar-refractivity contribution in [2.24, 2.45) is 0 Å². The van der Waals surface area contributed by atoms with E-state index in [0.717, 1.165) is 17.8 Å². The van der Waals surface area contributed by atoms with Crippen molar-refractivity contribution in [2.75, 3.05) is 5.32 Å². The van der Waals surface area contributed by atoms with E-state index in [1.165, 1.54) is 15.7 Å². The van der Waals surface area contributed by atoms with E-state index in [9.17, 15) is 4.79 Å². The molecule has 1 unspecified atom stereocenters. The van der Waals surface area contributed by atoms with Crippen LogP contribution >= 0.6 is 0 Å². The zero-order valence-corrected chi connectivity index (χ0v) is 14.9. The minimum Gasteiger partial charge on any atom is -0.379 e. The lowest BCUT2D eigenvalue weighted by molar-refractivity contribution is 0.746. The molecule has 0 aliphatic heterocycles. The maximum absolute atomic E-state index is 12.4. The molecule has 0 spiro atoms. The lowest BCUT2D eigenvalue weighted by Crippen LogP contribution is -2.17. The first-order valence-corrected chi connectivity index (χ1v) is 8.73. The number of nitrogens with one attached hydrogen (secondary N) is 2. The SMILES string of the molecule is CC1=CCC(c2nc3[nH]c(CNc4ccccc4)cc(=O)n3n2)C=C1C. The van der Waals surface area contributed by atoms with Gasteiger partial charge in [0, 0.05) is 23.4 Å². The van der Waals surface area contributed by atoms with Crippen LogP contribution < -0.4 is 10.9 Å². The summed E-state index contributed by atoms with van der Waals surface area (Å²) in [6, 6.07) is 11.4. The van der Waals surface area contributed by atoms with Gasteiger partial charge in [-0.1, -0.05) is 41.5 Å². The molecule has 6 nitrogen and oxygen atoms in total. The fraction of sp³-hybridized carbons (Fsp3) is 0.250. The van der Waals surface area contributed by atoms with Gasteiger partial charge in [0.15, 0.2) is 5.82 Å². The molecular weight excluding hydrogens is 326 g/mol. The fourth-order valence-electron chi connectivity index (χ4n) is 3.10. The molecule has 26 heavy (non-hydrogen) atoms. The highest BCUT2D eigenvalue weighted by Crippen LogP contribution is 2.28. The lowest BCUT2D eigenvalue weighted by Gasteiger charge is -2.14. The molecule has 1 aliphatic rings. The maximum Gasteiger partial charge on any atom is 0.275 e. The highest BCUT2D eigenvalue weighted by atomic mass is 16.1. The number of hydrogen-bond acceptors (Lipinski definition) is 4. The summed E-state index contributed by atoms with van der Waals surface area (Å²) in [6.45, 7) is 4.71. The van der Waals surface area contributed by atoms with Crippen LogP contribution in [0.1, 0.15) is 37.7 Å². The van der Waals surface area contributed by atoms with Gasteiger partial charge in [0.05, 0.1) is 6.54 Å². The smallest absolute Gasteiger partial charge is 0.275 e. The van der Waals surface area contributed by atoms with E-state index >= 15 is 0 Å². The van der Waals surface area contributed by atoms with Gasteiger partial charge in [-0.25, -0.2) is 0 Å². The zero-order valence-electron chi connectivity index (χ0n) is 14.9. The molecule has 0 fully saturated rings. The van der Waals surface area contributed by atoms with Crippen LogP contribution in [-0.4, -0.2) is 19.6 Å². The number of aromatic amines is 1. The highest BCUT2D eigenvalue weighted by molar-refractivity contribution is 5.43. The monoisotopic (exact) mass is 347 g/mol. The molecule has 1 aromatic carbocycles. The second kappa shape index (κ2) is 6.63. The van der Waals surface area contributed by atoms with Crippen LogP contribution in [0.15, 0.2) is 64.5 Å². The van der Waals surface area contributed by atoms with E-state index in [0.29, 0.717) is 18.1 Å². The number of anilines is 1. The number of fused-ring (bicyclic) bond motifs is 1. The van der Waals surface area contributed by atoms with E-state index in [2.05, 4.69) is 46.4 Å². The van der Waals surface area contributed by atoms with Crippen LogP contribution in [0, 0.1) is 0 Å². The summed E-state index contributed by atoms with van der Waals surface area (Å²) >= 11 is 0. The minimum atomic E-state index is -0.175. The van der Waals surface area contributed by atoms with Crippen molar-refractivity contribution >= 4 is 11.5 Å². The van der Waals surface area contributed by atoms with Crippen molar-refractivity contribution in [3.63, 3.8) is 0 Å². The van der Waals surface area contributed by atoms with Gasteiger partial charge in [0.2, 0.25) is 5.78 Å². The Morgan fingerprint density at radius 3 is 2.81 bits per heavy atom. The van der Waals surface area contributed by atoms with Crippen LogP contribution in [-0.2, 0) is 6.54 Å². The van der Waals surface area contributed by atoms with Gasteiger partial charge in [-0.2, -0.15) is 9.50 Å². The first-order valence-electron chi connectivity index (χ1n) is 8.73. The molecular formula is C20H21N5O. The molecule has 1 aliphatic carbocycles. The van der Waals surface area contributed by atoms with Crippen molar-refractivity contribution in [3.05, 3.63) is 81.6 Å². The van der Waals surface area contributed by atoms with Crippen molar-refractivity contribution in [2.45, 2.75) is 32.7 Å². The molecule has 3 aromatic rings. The highest BCUT2D eigenvalue weighted by Gasteiger charge is 2.19. The number of hydrogen-bond donors (Lipinski definition) is 2. The molecule has 0 amide bonds. The predicted octanol–water partition coefficient (Wildman–Crippen LogP) is 3.41. The van der Waals surface area contributed by atoms with Gasteiger partial charge in [0.1, 0.15) is 0 Å². The van der Waals surface area contributed by atoms with Crippen LogP contribution in [0.5, 0.6) is 0 Å². The number of H-pyrrole nitrogens is 1. The molecule has 1 atom stereocenters. The number of nitrogens with zero attached hydrogens (tertiary/aromatic N) is 3. The average Bonchev–Trinajstić information content (AvgIpc) is 3.08. The summed E-state index contributed by atoms with van der Waals surface area (Å²) in [5.74, 6) is 1.27. The Kier molecular flexibility index (Phi) is 4.16. The van der Waals surface area contributed by atoms with Gasteiger partial charge in [-0.15, -0.1) is 5.10 Å². The average molecular weight is 347 g/mol. The third kappa shape index (κ3) is 3.18. The topological polar surface area (TPSA) is 75.1 Å². The molecule has 0 bridgehead atoms. The Balaban J connectivity index is 1.60. The third-order valence-corrected chi connectivity index (χ3v) is 4.74. The second-order valence-electron chi connectivity index (χ2n) is 6.64. The third-order valence-electron chi connectivity index (χ3n) is 4.74. The number of para-hydroxylation sites is 1. The summed E-state index contributed by atoms with van der Waals surface area (Å²) in [5.41, 5.74) is 4.12. The summed E-state index contributed by atoms with van der Waals surface area (Å²) < 4.78 is 1.34. The first kappa shape index (κ1) is 16.3. The lowest BCUT2D eigenvalue weighted by atomic mass is 9.92. The summed E-state index contributed by atoms with van der Waals surface area (Å²) in [5, 5.41) is 7.71. The van der Waals surface area contributed by atoms with Crippen molar-refractivity contribution < 1.29 is 0 Å². The summed E-state index contributed by atoms with van der Waals surface area (Å²) in [7, 11) is 0. The first-order chi connectivity index (χ1) is 12.6. The number of rotatable bonds is 4. The van der Waals surface area contributed by atoms with E-state index < -0.39 is 0 Å². The van der Waals surface area contributed by atoms with Gasteiger partial charge in [-0.05, 0) is 32.4 Å². The van der Waals surface area contributed by atoms with Crippen LogP contribution in [0.2, 0.25) is 0 Å². The van der Waals surface area contributed by atoms with Gasteiger partial charge in [-0.3, -0.25) is 4.79 Å². The minimum absolute atomic E-state index is 0.109. The number of benzene rings is 1. The quantitative estimate of drug-likeness (QED) is 0.758. The number of allylic oxidation sites excluding steroid dienone is 4. The summed E-state index contributed by atoms with van der Waals surface area (Å²) in [6.07, 6.45) is 5.23. The van der Waals surface area contributed by atoms with Crippen molar-refractivity contribution in [3.8, 4) is 0 Å². The Labute approximate surface area is 151 Å². The van der Waals surface area contributed by atoms with Crippen LogP contribution in [0.25, 0.3) is 5.78 Å². The Hall–Kier alpha value is -3.15. The molecule has 0 saturated carbocycles. The Morgan fingerprint density at radius 2 is 2.04 bits per heavy atom. The largest absolute Gasteiger partial charge is 0.379 e. The van der Waals surface area contributed by atoms with Crippen LogP contribution in [0.3, 0.4) is 0 Å². The van der Waals surface area contributed by atoms with E-state index in [1.807, 2.05) is 30.3 Å². The molecule has 4 rings (SSSR count). The number of aromatic nitrogens is 4. The van der Waals surface area contributed by atoms with Gasteiger partial charge < -0.3 is 10.3 Å². The molecule has 6 heteroatoms. The normalized spacial score (nSPS) is 17.1. The Bertz CT molecular complexity index is 1060. The van der Waals surface area contributed by atoms with Gasteiger partial charge >= 0.3 is 0 Å². The van der Waals surface area contributed by atoms with E-state index in [-0.39, 0.29) is 11.5 Å². The van der Waals surface area contributed by atoms with Crippen molar-refractivity contribution in [1.82, 2.24) is 19.6 Å². The molecule has 2 aromatic heterocycles. The molecule has 2 N–H and O–H groups in total. The standard InChI is InChI=1S/C20H21N5O/c1-13-8-9-15(10-14(13)2)19-23-20-22-17(11-18(26)25(20)24-19)12-21-16-6-4-3-5-7-16/h3-8,10-11,15,21H,9,12H2,1-2H3,(H,22,23,24). The van der Waals surface area contributed by atoms with E-state index in [1.54, 1.807) is 6.07 Å². The molecule has 132 valence electrons. The molecule has 2 heterocycles. The molecule has 0 saturated heterocycles.